The van der Waals surface area contributed by atoms with Gasteiger partial charge in [0, 0.05) is 30.6 Å². The fraction of sp³-hybridized carbons (Fsp3) is 0.231. The number of hydrogen-bond donors (Lipinski definition) is 1. The molecule has 5 rings (SSSR count). The van der Waals surface area contributed by atoms with Crippen molar-refractivity contribution in [2.75, 3.05) is 21.2 Å². The number of methoxy groups -OCH3 is 1. The van der Waals surface area contributed by atoms with Crippen molar-refractivity contribution in [3.63, 3.8) is 0 Å². The molecule has 1 N–H and O–H groups in total. The zero-order valence-electron chi connectivity index (χ0n) is 21.9. The third-order valence-corrected chi connectivity index (χ3v) is 10.1. The monoisotopic (exact) mass is 582 g/mol. The molecule has 0 amide bonds. The molecule has 0 aliphatic heterocycles. The summed E-state index contributed by atoms with van der Waals surface area (Å²) in [5.74, 6) is 1.98. The Labute approximate surface area is 233 Å². The van der Waals surface area contributed by atoms with Crippen molar-refractivity contribution in [2.24, 2.45) is 0 Å². The second kappa shape index (κ2) is 10.6. The lowest BCUT2D eigenvalue weighted by molar-refractivity contribution is 0.414. The lowest BCUT2D eigenvalue weighted by Crippen LogP contribution is -2.22. The van der Waals surface area contributed by atoms with Crippen LogP contribution < -0.4 is 10.3 Å². The molecule has 0 fully saturated rings. The van der Waals surface area contributed by atoms with Crippen LogP contribution in [0.5, 0.6) is 5.75 Å². The smallest absolute Gasteiger partial charge is 0.259 e. The highest BCUT2D eigenvalue weighted by Crippen LogP contribution is 2.32. The maximum Gasteiger partial charge on any atom is 0.259 e. The second-order valence-electron chi connectivity index (χ2n) is 8.92. The van der Waals surface area contributed by atoms with Crippen molar-refractivity contribution in [3.8, 4) is 22.8 Å². The number of ether oxygens (including phenoxy) is 1. The Morgan fingerprint density at radius 1 is 1.10 bits per heavy atom. The Morgan fingerprint density at radius 2 is 1.87 bits per heavy atom. The van der Waals surface area contributed by atoms with Gasteiger partial charge >= 0.3 is 0 Å². The minimum Gasteiger partial charge on any atom is -0.497 e. The summed E-state index contributed by atoms with van der Waals surface area (Å²) in [5, 5.41) is 10.0. The number of aryl methyl sites for hydroxylation is 2. The largest absolute Gasteiger partial charge is 0.497 e. The highest BCUT2D eigenvalue weighted by Gasteiger charge is 2.22. The number of sulfonamides is 1. The molecular weight excluding hydrogens is 557 g/mol. The van der Waals surface area contributed by atoms with E-state index in [0.717, 1.165) is 16.1 Å². The summed E-state index contributed by atoms with van der Waals surface area (Å²) >= 11 is 2.86. The third-order valence-electron chi connectivity index (χ3n) is 6.24. The summed E-state index contributed by atoms with van der Waals surface area (Å²) in [4.78, 5) is 22.2. The number of nitrogens with one attached hydrogen (secondary N) is 1. The van der Waals surface area contributed by atoms with Crippen LogP contribution in [0, 0.1) is 13.8 Å². The molecule has 3 aromatic heterocycles. The molecule has 0 saturated carbocycles. The van der Waals surface area contributed by atoms with E-state index in [9.17, 15) is 13.2 Å². The summed E-state index contributed by atoms with van der Waals surface area (Å²) in [7, 11) is 0.918. The normalized spacial score (nSPS) is 11.9. The van der Waals surface area contributed by atoms with Crippen LogP contribution in [0.4, 0.5) is 0 Å². The second-order valence-corrected chi connectivity index (χ2v) is 13.2. The van der Waals surface area contributed by atoms with Crippen LogP contribution in [0.25, 0.3) is 27.3 Å². The number of aromatic nitrogens is 5. The number of thiophene rings is 1. The Morgan fingerprint density at radius 3 is 2.62 bits per heavy atom. The average molecular weight is 583 g/mol. The molecule has 2 aromatic carbocycles. The first kappa shape index (κ1) is 27.1. The zero-order chi connectivity index (χ0) is 27.9. The van der Waals surface area contributed by atoms with Gasteiger partial charge in [-0.15, -0.1) is 21.5 Å². The molecule has 0 unspecified atom stereocenters. The fourth-order valence-electron chi connectivity index (χ4n) is 4.04. The summed E-state index contributed by atoms with van der Waals surface area (Å²) < 4.78 is 34.0. The SMILES string of the molecule is COc1cccc(-n2c(SCc3nc4sc(C)c(C)c4c(=O)[nH]3)nnc2-c2cccc(S(=O)(=O)N(C)C)c2)c1. The number of rotatable bonds is 8. The number of H-pyrrole nitrogens is 1. The minimum atomic E-state index is -3.65. The van der Waals surface area contributed by atoms with Gasteiger partial charge in [-0.3, -0.25) is 9.36 Å². The molecular formula is C26H26N6O4S3. The molecule has 5 aromatic rings. The van der Waals surface area contributed by atoms with Crippen LogP contribution in [-0.4, -0.2) is 58.7 Å². The number of thioether (sulfide) groups is 1. The van der Waals surface area contributed by atoms with Gasteiger partial charge in [-0.25, -0.2) is 17.7 Å². The van der Waals surface area contributed by atoms with Crippen LogP contribution in [0.15, 0.2) is 63.4 Å². The maximum absolute atomic E-state index is 12.8. The van der Waals surface area contributed by atoms with Crippen LogP contribution >= 0.6 is 23.1 Å². The number of aromatic amines is 1. The van der Waals surface area contributed by atoms with Gasteiger partial charge in [0.2, 0.25) is 10.0 Å². The molecule has 39 heavy (non-hydrogen) atoms. The zero-order valence-corrected chi connectivity index (χ0v) is 24.4. The molecule has 3 heterocycles. The topological polar surface area (TPSA) is 123 Å². The molecule has 0 radical (unpaired) electrons. The van der Waals surface area contributed by atoms with E-state index in [0.29, 0.717) is 44.1 Å². The third kappa shape index (κ3) is 5.10. The fourth-order valence-corrected chi connectivity index (χ4v) is 6.86. The number of fused-ring (bicyclic) bond motifs is 1. The Bertz CT molecular complexity index is 1860. The molecule has 10 nitrogen and oxygen atoms in total. The number of benzene rings is 2. The summed E-state index contributed by atoms with van der Waals surface area (Å²) in [5.41, 5.74) is 2.10. The first-order chi connectivity index (χ1) is 18.6. The molecule has 0 atom stereocenters. The van der Waals surface area contributed by atoms with Crippen molar-refractivity contribution in [1.82, 2.24) is 29.0 Å². The number of hydrogen-bond acceptors (Lipinski definition) is 9. The predicted octanol–water partition coefficient (Wildman–Crippen LogP) is 4.40. The predicted molar refractivity (Wildman–Crippen MR) is 153 cm³/mol. The lowest BCUT2D eigenvalue weighted by atomic mass is 10.2. The molecule has 13 heteroatoms. The average Bonchev–Trinajstić information content (AvgIpc) is 3.47. The van der Waals surface area contributed by atoms with Crippen molar-refractivity contribution in [1.29, 1.82) is 0 Å². The van der Waals surface area contributed by atoms with E-state index in [2.05, 4.69) is 20.2 Å². The van der Waals surface area contributed by atoms with Crippen LogP contribution in [-0.2, 0) is 15.8 Å². The van der Waals surface area contributed by atoms with E-state index in [1.165, 1.54) is 41.5 Å². The van der Waals surface area contributed by atoms with Gasteiger partial charge in [0.1, 0.15) is 16.4 Å². The summed E-state index contributed by atoms with van der Waals surface area (Å²) in [6, 6.07) is 14.0. The highest BCUT2D eigenvalue weighted by atomic mass is 32.2. The van der Waals surface area contributed by atoms with E-state index in [1.807, 2.05) is 42.7 Å². The molecule has 0 aliphatic carbocycles. The van der Waals surface area contributed by atoms with Gasteiger partial charge in [-0.1, -0.05) is 30.0 Å². The van der Waals surface area contributed by atoms with Gasteiger partial charge in [0.25, 0.3) is 5.56 Å². The minimum absolute atomic E-state index is 0.149. The van der Waals surface area contributed by atoms with Gasteiger partial charge < -0.3 is 9.72 Å². The molecule has 0 bridgehead atoms. The van der Waals surface area contributed by atoms with Gasteiger partial charge in [-0.2, -0.15) is 0 Å². The molecule has 0 saturated heterocycles. The van der Waals surface area contributed by atoms with Gasteiger partial charge in [-0.05, 0) is 43.7 Å². The lowest BCUT2D eigenvalue weighted by Gasteiger charge is -2.14. The van der Waals surface area contributed by atoms with Crippen molar-refractivity contribution in [3.05, 3.63) is 75.1 Å². The summed E-state index contributed by atoms with van der Waals surface area (Å²) in [6.45, 7) is 3.91. The van der Waals surface area contributed by atoms with Crippen molar-refractivity contribution < 1.29 is 13.2 Å². The summed E-state index contributed by atoms with van der Waals surface area (Å²) in [6.07, 6.45) is 0. The molecule has 0 spiro atoms. The van der Waals surface area contributed by atoms with Crippen LogP contribution in [0.2, 0.25) is 0 Å². The Hall–Kier alpha value is -3.52. The first-order valence-corrected chi connectivity index (χ1v) is 15.1. The Balaban J connectivity index is 1.58. The Kier molecular flexibility index (Phi) is 7.33. The van der Waals surface area contributed by atoms with E-state index in [4.69, 9.17) is 4.74 Å². The van der Waals surface area contributed by atoms with Gasteiger partial charge in [0.05, 0.1) is 28.8 Å². The number of nitrogens with zero attached hydrogens (tertiary/aromatic N) is 5. The molecule has 202 valence electrons. The quantitative estimate of drug-likeness (QED) is 0.267. The van der Waals surface area contributed by atoms with E-state index >= 15 is 0 Å². The first-order valence-electron chi connectivity index (χ1n) is 11.8. The standard InChI is InChI=1S/C26H26N6O4S3/c1-15-16(2)38-25-22(15)24(33)27-21(28-25)14-37-26-30-29-23(32(26)18-9-7-10-19(13-18)36-5)17-8-6-11-20(12-17)39(34,35)31(3)4/h6-13H,14H2,1-5H3,(H,27,28,33). The highest BCUT2D eigenvalue weighted by molar-refractivity contribution is 7.98. The van der Waals surface area contributed by atoms with E-state index < -0.39 is 10.0 Å². The van der Waals surface area contributed by atoms with Crippen molar-refractivity contribution >= 4 is 43.3 Å². The van der Waals surface area contributed by atoms with E-state index in [-0.39, 0.29) is 10.5 Å². The van der Waals surface area contributed by atoms with E-state index in [1.54, 1.807) is 31.4 Å². The maximum atomic E-state index is 12.8. The van der Waals surface area contributed by atoms with Crippen LogP contribution in [0.3, 0.4) is 0 Å². The van der Waals surface area contributed by atoms with Crippen molar-refractivity contribution in [2.45, 2.75) is 29.7 Å². The molecule has 0 aliphatic rings. The van der Waals surface area contributed by atoms with Crippen LogP contribution in [0.1, 0.15) is 16.3 Å². The van der Waals surface area contributed by atoms with Gasteiger partial charge in [0.15, 0.2) is 11.0 Å².